The first kappa shape index (κ1) is 13.2. The van der Waals surface area contributed by atoms with E-state index in [2.05, 4.69) is 29.5 Å². The van der Waals surface area contributed by atoms with Crippen molar-refractivity contribution in [3.05, 3.63) is 24.0 Å². The van der Waals surface area contributed by atoms with Gasteiger partial charge in [-0.2, -0.15) is 0 Å². The molecule has 1 aromatic heterocycles. The van der Waals surface area contributed by atoms with Gasteiger partial charge in [-0.25, -0.2) is 4.98 Å². The largest absolute Gasteiger partial charge is 0.494 e. The molecule has 0 saturated carbocycles. The molecule has 2 atom stereocenters. The zero-order chi connectivity index (χ0) is 13.3. The van der Waals surface area contributed by atoms with Gasteiger partial charge >= 0.3 is 0 Å². The number of aromatic nitrogens is 2. The Morgan fingerprint density at radius 1 is 1.39 bits per heavy atom. The minimum absolute atomic E-state index is 0.115. The maximum absolute atomic E-state index is 6.25. The second-order valence-corrected chi connectivity index (χ2v) is 5.20. The molecule has 0 spiro atoms. The van der Waals surface area contributed by atoms with Gasteiger partial charge in [-0.3, -0.25) is 0 Å². The normalized spacial score (nSPS) is 14.7. The highest BCUT2D eigenvalue weighted by Crippen LogP contribution is 2.33. The molecule has 98 valence electrons. The van der Waals surface area contributed by atoms with Crippen molar-refractivity contribution in [3.8, 4) is 5.75 Å². The molecule has 2 rings (SSSR count). The molecule has 0 fully saturated rings. The summed E-state index contributed by atoms with van der Waals surface area (Å²) in [7, 11) is 1.67. The van der Waals surface area contributed by atoms with E-state index >= 15 is 0 Å². The van der Waals surface area contributed by atoms with E-state index in [0.717, 1.165) is 29.0 Å². The van der Waals surface area contributed by atoms with Crippen LogP contribution in [0.25, 0.3) is 11.0 Å². The monoisotopic (exact) mass is 266 g/mol. The van der Waals surface area contributed by atoms with Crippen molar-refractivity contribution in [2.24, 2.45) is 0 Å². The fourth-order valence-corrected chi connectivity index (χ4v) is 2.35. The van der Waals surface area contributed by atoms with Gasteiger partial charge in [0.1, 0.15) is 17.1 Å². The number of rotatable bonds is 4. The molecule has 1 heterocycles. The van der Waals surface area contributed by atoms with Gasteiger partial charge in [0, 0.05) is 6.04 Å². The van der Waals surface area contributed by atoms with Crippen LogP contribution in [-0.4, -0.2) is 16.7 Å². The quantitative estimate of drug-likeness (QED) is 0.771. The van der Waals surface area contributed by atoms with Crippen molar-refractivity contribution in [2.75, 3.05) is 7.11 Å². The maximum atomic E-state index is 6.25. The molecule has 0 aliphatic heterocycles. The highest BCUT2D eigenvalue weighted by atomic mass is 35.5. The Kier molecular flexibility index (Phi) is 3.81. The number of ether oxygens (including phenoxy) is 1. The van der Waals surface area contributed by atoms with E-state index in [9.17, 15) is 0 Å². The van der Waals surface area contributed by atoms with E-state index in [1.165, 1.54) is 0 Å². The van der Waals surface area contributed by atoms with Crippen LogP contribution in [0.5, 0.6) is 5.75 Å². The predicted molar refractivity (Wildman–Crippen MR) is 75.6 cm³/mol. The minimum atomic E-state index is -0.115. The summed E-state index contributed by atoms with van der Waals surface area (Å²) in [4.78, 5) is 4.66. The van der Waals surface area contributed by atoms with Gasteiger partial charge in [-0.1, -0.05) is 13.0 Å². The average molecular weight is 267 g/mol. The third-order valence-corrected chi connectivity index (χ3v) is 3.51. The Balaban J connectivity index is 2.75. The van der Waals surface area contributed by atoms with Gasteiger partial charge in [-0.05, 0) is 32.4 Å². The summed E-state index contributed by atoms with van der Waals surface area (Å²) in [6.07, 6.45) is 1.04. The Morgan fingerprint density at radius 2 is 2.11 bits per heavy atom. The van der Waals surface area contributed by atoms with Crippen molar-refractivity contribution >= 4 is 22.6 Å². The number of nitrogens with zero attached hydrogens (tertiary/aromatic N) is 2. The number of alkyl halides is 1. The Hall–Kier alpha value is -1.22. The van der Waals surface area contributed by atoms with Crippen LogP contribution in [0, 0.1) is 0 Å². The molecule has 0 saturated heterocycles. The Labute approximate surface area is 113 Å². The second kappa shape index (κ2) is 5.19. The van der Waals surface area contributed by atoms with Crippen LogP contribution >= 0.6 is 11.6 Å². The molecule has 0 aliphatic rings. The van der Waals surface area contributed by atoms with Crippen LogP contribution in [0.15, 0.2) is 18.2 Å². The number of benzene rings is 1. The number of hydrogen-bond donors (Lipinski definition) is 0. The lowest BCUT2D eigenvalue weighted by Crippen LogP contribution is -2.08. The predicted octanol–water partition coefficient (Wildman–Crippen LogP) is 4.32. The highest BCUT2D eigenvalue weighted by Gasteiger charge is 2.19. The number of methoxy groups -OCH3 is 1. The Morgan fingerprint density at radius 3 is 2.67 bits per heavy atom. The smallest absolute Gasteiger partial charge is 0.146 e. The maximum Gasteiger partial charge on any atom is 0.146 e. The van der Waals surface area contributed by atoms with Gasteiger partial charge in [0.05, 0.1) is 18.0 Å². The number of fused-ring (bicyclic) bond motifs is 1. The van der Waals surface area contributed by atoms with Crippen LogP contribution < -0.4 is 4.74 Å². The highest BCUT2D eigenvalue weighted by molar-refractivity contribution is 6.20. The van der Waals surface area contributed by atoms with E-state index in [-0.39, 0.29) is 5.38 Å². The van der Waals surface area contributed by atoms with E-state index in [1.54, 1.807) is 7.11 Å². The fraction of sp³-hybridized carbons (Fsp3) is 0.500. The fourth-order valence-electron chi connectivity index (χ4n) is 2.20. The van der Waals surface area contributed by atoms with E-state index in [1.807, 2.05) is 19.1 Å². The summed E-state index contributed by atoms with van der Waals surface area (Å²) >= 11 is 6.25. The number of halogens is 1. The summed E-state index contributed by atoms with van der Waals surface area (Å²) in [5.41, 5.74) is 1.98. The van der Waals surface area contributed by atoms with Gasteiger partial charge < -0.3 is 9.30 Å². The van der Waals surface area contributed by atoms with Crippen LogP contribution in [0.1, 0.15) is 44.4 Å². The summed E-state index contributed by atoms with van der Waals surface area (Å²) < 4.78 is 7.59. The molecule has 0 N–H and O–H groups in total. The topological polar surface area (TPSA) is 27.1 Å². The third-order valence-electron chi connectivity index (χ3n) is 3.32. The Bertz CT molecular complexity index is 548. The first-order valence-corrected chi connectivity index (χ1v) is 6.72. The molecule has 1 aromatic carbocycles. The van der Waals surface area contributed by atoms with Crippen molar-refractivity contribution in [2.45, 2.75) is 38.6 Å². The first-order chi connectivity index (χ1) is 8.60. The summed E-state index contributed by atoms with van der Waals surface area (Å²) in [5, 5.41) is -0.115. The molecule has 4 heteroatoms. The minimum Gasteiger partial charge on any atom is -0.494 e. The summed E-state index contributed by atoms with van der Waals surface area (Å²) in [6, 6.07) is 6.36. The molecule has 0 radical (unpaired) electrons. The van der Waals surface area contributed by atoms with Crippen LogP contribution in [0.2, 0.25) is 0 Å². The molecule has 2 unspecified atom stereocenters. The molecule has 0 amide bonds. The van der Waals surface area contributed by atoms with Gasteiger partial charge in [0.15, 0.2) is 0 Å². The van der Waals surface area contributed by atoms with Crippen LogP contribution in [-0.2, 0) is 0 Å². The number of imidazole rings is 1. The lowest BCUT2D eigenvalue weighted by atomic mass is 10.2. The number of hydrogen-bond acceptors (Lipinski definition) is 2. The van der Waals surface area contributed by atoms with E-state index in [4.69, 9.17) is 16.3 Å². The van der Waals surface area contributed by atoms with Gasteiger partial charge in [0.2, 0.25) is 0 Å². The third kappa shape index (κ3) is 2.07. The van der Waals surface area contributed by atoms with Crippen molar-refractivity contribution < 1.29 is 4.74 Å². The van der Waals surface area contributed by atoms with E-state index < -0.39 is 0 Å². The number of para-hydroxylation sites is 1. The lowest BCUT2D eigenvalue weighted by molar-refractivity contribution is 0.419. The lowest BCUT2D eigenvalue weighted by Gasteiger charge is -2.16. The van der Waals surface area contributed by atoms with Crippen molar-refractivity contribution in [1.29, 1.82) is 0 Å². The first-order valence-electron chi connectivity index (χ1n) is 6.29. The van der Waals surface area contributed by atoms with Gasteiger partial charge in [0.25, 0.3) is 0 Å². The molecule has 3 nitrogen and oxygen atoms in total. The molecular formula is C14H19ClN2O. The molecular weight excluding hydrogens is 248 g/mol. The van der Waals surface area contributed by atoms with Crippen molar-refractivity contribution in [3.63, 3.8) is 0 Å². The molecule has 18 heavy (non-hydrogen) atoms. The van der Waals surface area contributed by atoms with Crippen LogP contribution in [0.4, 0.5) is 0 Å². The summed E-state index contributed by atoms with van der Waals surface area (Å²) in [5.74, 6) is 1.71. The van der Waals surface area contributed by atoms with Crippen molar-refractivity contribution in [1.82, 2.24) is 9.55 Å². The molecule has 0 bridgehead atoms. The standard InChI is InChI=1S/C14H19ClN2O/c1-5-9(2)17-11-7-6-8-12(18-4)13(11)16-14(17)10(3)15/h6-10H,5H2,1-4H3. The zero-order valence-corrected chi connectivity index (χ0v) is 12.0. The molecule has 2 aromatic rings. The second-order valence-electron chi connectivity index (χ2n) is 4.54. The average Bonchev–Trinajstić information content (AvgIpc) is 2.77. The zero-order valence-electron chi connectivity index (χ0n) is 11.3. The van der Waals surface area contributed by atoms with Crippen LogP contribution in [0.3, 0.4) is 0 Å². The summed E-state index contributed by atoms with van der Waals surface area (Å²) in [6.45, 7) is 6.30. The SMILES string of the molecule is CCC(C)n1c(C(C)Cl)nc2c(OC)cccc21. The van der Waals surface area contributed by atoms with E-state index in [0.29, 0.717) is 6.04 Å². The molecule has 0 aliphatic carbocycles. The van der Waals surface area contributed by atoms with Gasteiger partial charge in [-0.15, -0.1) is 11.6 Å².